The van der Waals surface area contributed by atoms with Gasteiger partial charge in [0.1, 0.15) is 5.75 Å². The van der Waals surface area contributed by atoms with Crippen LogP contribution in [0.2, 0.25) is 0 Å². The Hall–Kier alpha value is -1.71. The fourth-order valence-electron chi connectivity index (χ4n) is 1.55. The molecule has 0 amide bonds. The third-order valence-electron chi connectivity index (χ3n) is 2.22. The molecular formula is C10H12N2O2. The van der Waals surface area contributed by atoms with Gasteiger partial charge in [-0.05, 0) is 26.0 Å². The molecule has 0 aliphatic rings. The van der Waals surface area contributed by atoms with Crippen LogP contribution in [0.15, 0.2) is 23.0 Å². The van der Waals surface area contributed by atoms with Crippen molar-refractivity contribution in [1.29, 1.82) is 0 Å². The first-order chi connectivity index (χ1) is 6.59. The first-order valence-corrected chi connectivity index (χ1v) is 4.53. The van der Waals surface area contributed by atoms with E-state index in [4.69, 9.17) is 0 Å². The van der Waals surface area contributed by atoms with E-state index in [9.17, 15) is 9.90 Å². The highest BCUT2D eigenvalue weighted by atomic mass is 16.3. The summed E-state index contributed by atoms with van der Waals surface area (Å²) in [5, 5.41) is 12.7. The predicted octanol–water partition coefficient (Wildman–Crippen LogP) is 1.62. The molecule has 1 aromatic carbocycles. The van der Waals surface area contributed by atoms with E-state index in [2.05, 4.69) is 5.10 Å². The molecule has 0 saturated carbocycles. The van der Waals surface area contributed by atoms with Crippen LogP contribution in [0.3, 0.4) is 0 Å². The number of nitrogens with one attached hydrogen (secondary N) is 1. The number of benzene rings is 1. The van der Waals surface area contributed by atoms with Crippen LogP contribution in [0.25, 0.3) is 10.9 Å². The number of H-pyrrole nitrogens is 1. The SMILES string of the molecule is CC(C)n1[nH]c(=O)c2ccc(O)cc21. The number of phenolic OH excluding ortho intramolecular Hbond substituents is 1. The minimum Gasteiger partial charge on any atom is -0.508 e. The maximum Gasteiger partial charge on any atom is 0.271 e. The number of fused-ring (bicyclic) bond motifs is 1. The van der Waals surface area contributed by atoms with E-state index in [1.807, 2.05) is 13.8 Å². The Balaban J connectivity index is 2.86. The van der Waals surface area contributed by atoms with Crippen LogP contribution in [-0.4, -0.2) is 14.9 Å². The van der Waals surface area contributed by atoms with Crippen molar-refractivity contribution in [1.82, 2.24) is 9.78 Å². The van der Waals surface area contributed by atoms with E-state index < -0.39 is 0 Å². The molecule has 0 bridgehead atoms. The highest BCUT2D eigenvalue weighted by Gasteiger charge is 2.08. The van der Waals surface area contributed by atoms with Crippen LogP contribution >= 0.6 is 0 Å². The van der Waals surface area contributed by atoms with Crippen molar-refractivity contribution in [3.05, 3.63) is 28.6 Å². The van der Waals surface area contributed by atoms with Crippen molar-refractivity contribution in [3.8, 4) is 5.75 Å². The van der Waals surface area contributed by atoms with Crippen molar-refractivity contribution < 1.29 is 5.11 Å². The molecule has 1 heterocycles. The largest absolute Gasteiger partial charge is 0.508 e. The third kappa shape index (κ3) is 1.19. The Kier molecular flexibility index (Phi) is 1.84. The predicted molar refractivity (Wildman–Crippen MR) is 54.6 cm³/mol. The van der Waals surface area contributed by atoms with Crippen LogP contribution in [0, 0.1) is 0 Å². The highest BCUT2D eigenvalue weighted by molar-refractivity contribution is 5.79. The number of hydrogen-bond donors (Lipinski definition) is 2. The first-order valence-electron chi connectivity index (χ1n) is 4.53. The molecule has 0 aliphatic heterocycles. The molecule has 0 radical (unpaired) electrons. The lowest BCUT2D eigenvalue weighted by Gasteiger charge is -2.07. The molecular weight excluding hydrogens is 180 g/mol. The average molecular weight is 192 g/mol. The van der Waals surface area contributed by atoms with Gasteiger partial charge in [-0.1, -0.05) is 0 Å². The van der Waals surface area contributed by atoms with E-state index in [0.29, 0.717) is 5.39 Å². The van der Waals surface area contributed by atoms with E-state index in [0.717, 1.165) is 5.52 Å². The molecule has 14 heavy (non-hydrogen) atoms. The molecule has 0 saturated heterocycles. The van der Waals surface area contributed by atoms with E-state index in [1.54, 1.807) is 16.8 Å². The Morgan fingerprint density at radius 2 is 2.14 bits per heavy atom. The molecule has 0 spiro atoms. The number of aromatic hydroxyl groups is 1. The smallest absolute Gasteiger partial charge is 0.271 e. The van der Waals surface area contributed by atoms with Gasteiger partial charge in [-0.15, -0.1) is 0 Å². The summed E-state index contributed by atoms with van der Waals surface area (Å²) >= 11 is 0. The standard InChI is InChI=1S/C10H12N2O2/c1-6(2)12-9-5-7(13)3-4-8(9)10(14)11-12/h3-6,13H,1-2H3,(H,11,14). The second-order valence-corrected chi connectivity index (χ2v) is 3.61. The van der Waals surface area contributed by atoms with Crippen LogP contribution in [0.5, 0.6) is 5.75 Å². The van der Waals surface area contributed by atoms with E-state index >= 15 is 0 Å². The zero-order valence-corrected chi connectivity index (χ0v) is 8.11. The fourth-order valence-corrected chi connectivity index (χ4v) is 1.55. The quantitative estimate of drug-likeness (QED) is 0.721. The van der Waals surface area contributed by atoms with Gasteiger partial charge in [0, 0.05) is 12.1 Å². The zero-order valence-electron chi connectivity index (χ0n) is 8.11. The number of nitrogens with zero attached hydrogens (tertiary/aromatic N) is 1. The maximum absolute atomic E-state index is 11.5. The number of phenols is 1. The number of rotatable bonds is 1. The van der Waals surface area contributed by atoms with E-state index in [1.165, 1.54) is 6.07 Å². The topological polar surface area (TPSA) is 58.0 Å². The normalized spacial score (nSPS) is 11.4. The van der Waals surface area contributed by atoms with Crippen molar-refractivity contribution in [3.63, 3.8) is 0 Å². The molecule has 2 aromatic rings. The highest BCUT2D eigenvalue weighted by Crippen LogP contribution is 2.19. The summed E-state index contributed by atoms with van der Waals surface area (Å²) in [6.45, 7) is 3.94. The molecule has 74 valence electrons. The van der Waals surface area contributed by atoms with Crippen LogP contribution in [0.1, 0.15) is 19.9 Å². The molecule has 0 aliphatic carbocycles. The second kappa shape index (κ2) is 2.90. The van der Waals surface area contributed by atoms with E-state index in [-0.39, 0.29) is 17.4 Å². The number of aromatic amines is 1. The zero-order chi connectivity index (χ0) is 10.3. The summed E-state index contributed by atoms with van der Waals surface area (Å²) in [7, 11) is 0. The molecule has 4 heteroatoms. The molecule has 0 unspecified atom stereocenters. The minimum atomic E-state index is -0.117. The van der Waals surface area contributed by atoms with Gasteiger partial charge in [0.05, 0.1) is 10.9 Å². The van der Waals surface area contributed by atoms with Gasteiger partial charge < -0.3 is 5.11 Å². The molecule has 0 fully saturated rings. The monoisotopic (exact) mass is 192 g/mol. The summed E-state index contributed by atoms with van der Waals surface area (Å²) in [4.78, 5) is 11.5. The third-order valence-corrected chi connectivity index (χ3v) is 2.22. The Bertz CT molecular complexity index is 522. The van der Waals surface area contributed by atoms with Gasteiger partial charge in [0.15, 0.2) is 0 Å². The average Bonchev–Trinajstić information content (AvgIpc) is 2.43. The molecule has 1 aromatic heterocycles. The van der Waals surface area contributed by atoms with Crippen molar-refractivity contribution in [2.24, 2.45) is 0 Å². The summed E-state index contributed by atoms with van der Waals surface area (Å²) in [5.74, 6) is 0.172. The lowest BCUT2D eigenvalue weighted by molar-refractivity contribution is 0.475. The van der Waals surface area contributed by atoms with Crippen molar-refractivity contribution >= 4 is 10.9 Å². The maximum atomic E-state index is 11.5. The second-order valence-electron chi connectivity index (χ2n) is 3.61. The lowest BCUT2D eigenvalue weighted by Crippen LogP contribution is -2.07. The lowest BCUT2D eigenvalue weighted by atomic mass is 10.2. The fraction of sp³-hybridized carbons (Fsp3) is 0.300. The first kappa shape index (κ1) is 8.87. The van der Waals surface area contributed by atoms with Gasteiger partial charge in [-0.2, -0.15) is 0 Å². The van der Waals surface area contributed by atoms with Gasteiger partial charge in [-0.25, -0.2) is 0 Å². The van der Waals surface area contributed by atoms with Crippen LogP contribution in [0.4, 0.5) is 0 Å². The summed E-state index contributed by atoms with van der Waals surface area (Å²) < 4.78 is 1.75. The number of hydrogen-bond acceptors (Lipinski definition) is 2. The molecule has 0 atom stereocenters. The van der Waals surface area contributed by atoms with Crippen LogP contribution < -0.4 is 5.56 Å². The molecule has 2 N–H and O–H groups in total. The molecule has 2 rings (SSSR count). The van der Waals surface area contributed by atoms with Crippen LogP contribution in [-0.2, 0) is 0 Å². The van der Waals surface area contributed by atoms with Crippen molar-refractivity contribution in [2.75, 3.05) is 0 Å². The summed E-state index contributed by atoms with van der Waals surface area (Å²) in [6, 6.07) is 4.90. The summed E-state index contributed by atoms with van der Waals surface area (Å²) in [5.41, 5.74) is 0.624. The molecule has 4 nitrogen and oxygen atoms in total. The number of aromatic nitrogens is 2. The van der Waals surface area contributed by atoms with Gasteiger partial charge in [0.2, 0.25) is 0 Å². The van der Waals surface area contributed by atoms with Gasteiger partial charge >= 0.3 is 0 Å². The minimum absolute atomic E-state index is 0.117. The Morgan fingerprint density at radius 3 is 2.79 bits per heavy atom. The van der Waals surface area contributed by atoms with Gasteiger partial charge in [-0.3, -0.25) is 14.6 Å². The van der Waals surface area contributed by atoms with Crippen molar-refractivity contribution in [2.45, 2.75) is 19.9 Å². The summed E-state index contributed by atoms with van der Waals surface area (Å²) in [6.07, 6.45) is 0. The Morgan fingerprint density at radius 1 is 1.43 bits per heavy atom. The Labute approximate surface area is 80.8 Å². The van der Waals surface area contributed by atoms with Gasteiger partial charge in [0.25, 0.3) is 5.56 Å².